The minimum atomic E-state index is -0.221. The van der Waals surface area contributed by atoms with E-state index in [2.05, 4.69) is 91.7 Å². The smallest absolute Gasteiger partial charge is 0.282 e. The van der Waals surface area contributed by atoms with Crippen LogP contribution in [0.5, 0.6) is 11.5 Å². The van der Waals surface area contributed by atoms with Crippen LogP contribution in [0, 0.1) is 0 Å². The summed E-state index contributed by atoms with van der Waals surface area (Å²) in [5, 5.41) is 5.07. The molecule has 0 spiro atoms. The number of methoxy groups -OCH3 is 1. The molecule has 38 heavy (non-hydrogen) atoms. The van der Waals surface area contributed by atoms with Crippen molar-refractivity contribution in [3.8, 4) is 11.5 Å². The van der Waals surface area contributed by atoms with E-state index in [0.29, 0.717) is 55.8 Å². The quantitative estimate of drug-likeness (QED) is 0.158. The summed E-state index contributed by atoms with van der Waals surface area (Å²) in [4.78, 5) is 18.1. The van der Waals surface area contributed by atoms with E-state index in [9.17, 15) is 4.79 Å². The Kier molecular flexibility index (Phi) is 10.2. The third-order valence-corrected chi connectivity index (χ3v) is 9.57. The summed E-state index contributed by atoms with van der Waals surface area (Å²) in [6.45, 7) is 2.43. The maximum Gasteiger partial charge on any atom is 0.282 e. The number of aryl methyl sites for hydroxylation is 1. The zero-order valence-corrected chi connectivity index (χ0v) is 28.3. The fourth-order valence-corrected chi connectivity index (χ4v) is 6.16. The molecule has 3 aromatic carbocycles. The normalized spacial score (nSPS) is 11.4. The van der Waals surface area contributed by atoms with E-state index in [1.165, 1.54) is 4.68 Å². The lowest BCUT2D eigenvalue weighted by Crippen LogP contribution is -2.22. The van der Waals surface area contributed by atoms with Crippen LogP contribution >= 0.6 is 79.6 Å². The van der Waals surface area contributed by atoms with E-state index in [1.807, 2.05) is 36.4 Å². The number of nitrogens with zero attached hydrogens (tertiary/aromatic N) is 3. The fourth-order valence-electron chi connectivity index (χ4n) is 3.70. The molecule has 198 valence electrons. The number of benzene rings is 3. The van der Waals surface area contributed by atoms with Crippen LogP contribution in [0.4, 0.5) is 0 Å². The van der Waals surface area contributed by atoms with Gasteiger partial charge in [0.15, 0.2) is 11.5 Å². The van der Waals surface area contributed by atoms with Gasteiger partial charge in [-0.1, -0.05) is 67.2 Å². The van der Waals surface area contributed by atoms with Crippen molar-refractivity contribution in [2.75, 3.05) is 7.11 Å². The van der Waals surface area contributed by atoms with Gasteiger partial charge in [0, 0.05) is 35.4 Å². The van der Waals surface area contributed by atoms with Crippen LogP contribution in [-0.2, 0) is 13.0 Å². The average molecular weight is 836 g/mol. The van der Waals surface area contributed by atoms with Gasteiger partial charge in [-0.05, 0) is 74.7 Å². The van der Waals surface area contributed by atoms with E-state index in [4.69, 9.17) is 14.5 Å². The second-order valence-electron chi connectivity index (χ2n) is 8.30. The first-order valence-corrected chi connectivity index (χ1v) is 15.6. The van der Waals surface area contributed by atoms with Crippen molar-refractivity contribution in [1.82, 2.24) is 9.66 Å². The molecule has 11 heteroatoms. The number of aromatic nitrogens is 2. The van der Waals surface area contributed by atoms with E-state index >= 15 is 0 Å². The Morgan fingerprint density at radius 3 is 2.45 bits per heavy atom. The summed E-state index contributed by atoms with van der Waals surface area (Å²) in [5.74, 6) is 1.68. The molecule has 0 aliphatic carbocycles. The van der Waals surface area contributed by atoms with Crippen molar-refractivity contribution in [3.63, 3.8) is 0 Å². The first kappa shape index (κ1) is 29.5. The lowest BCUT2D eigenvalue weighted by Gasteiger charge is -2.16. The number of fused-ring (bicyclic) bond motifs is 1. The second kappa shape index (κ2) is 13.2. The van der Waals surface area contributed by atoms with Gasteiger partial charge in [0.05, 0.1) is 28.7 Å². The first-order valence-electron chi connectivity index (χ1n) is 11.6. The topological polar surface area (TPSA) is 65.7 Å². The van der Waals surface area contributed by atoms with Gasteiger partial charge in [0.1, 0.15) is 12.4 Å². The predicted molar refractivity (Wildman–Crippen MR) is 170 cm³/mol. The van der Waals surface area contributed by atoms with E-state index < -0.39 is 0 Å². The maximum absolute atomic E-state index is 13.4. The Labute approximate surface area is 262 Å². The van der Waals surface area contributed by atoms with E-state index in [-0.39, 0.29) is 5.56 Å². The largest absolute Gasteiger partial charge is 0.493 e. The molecule has 6 nitrogen and oxygen atoms in total. The number of hydrogen-bond acceptors (Lipinski definition) is 5. The summed E-state index contributed by atoms with van der Waals surface area (Å²) in [6.07, 6.45) is 4.13. The molecule has 0 radical (unpaired) electrons. The Bertz CT molecular complexity index is 1590. The third-order valence-electron chi connectivity index (χ3n) is 5.70. The van der Waals surface area contributed by atoms with Gasteiger partial charge < -0.3 is 9.47 Å². The predicted octanol–water partition coefficient (Wildman–Crippen LogP) is 9.02. The Hall–Kier alpha value is -1.53. The van der Waals surface area contributed by atoms with E-state index in [0.717, 1.165) is 31.8 Å². The SMILES string of the molecule is CCCCc1nc2ccc(Br)cc2c(=O)n1N=Cc1cc(OC)c(OCc2ccc(Br)cc2Br)c(Br)c1Br. The maximum atomic E-state index is 13.4. The van der Waals surface area contributed by atoms with Gasteiger partial charge in [-0.25, -0.2) is 4.98 Å². The number of halogens is 5. The molecular formula is C27H22Br5N3O3. The molecule has 0 saturated carbocycles. The molecule has 0 aliphatic heterocycles. The molecule has 0 bridgehead atoms. The number of hydrogen-bond donors (Lipinski definition) is 0. The number of ether oxygens (including phenoxy) is 2. The Morgan fingerprint density at radius 1 is 1.00 bits per heavy atom. The molecule has 0 aliphatic rings. The van der Waals surface area contributed by atoms with Crippen LogP contribution in [0.1, 0.15) is 36.7 Å². The van der Waals surface area contributed by atoms with Crippen molar-refractivity contribution in [2.24, 2.45) is 5.10 Å². The summed E-state index contributed by atoms with van der Waals surface area (Å²) in [7, 11) is 1.58. The van der Waals surface area contributed by atoms with Crippen LogP contribution in [0.15, 0.2) is 74.7 Å². The number of unbranched alkanes of at least 4 members (excludes halogenated alkanes) is 1. The van der Waals surface area contributed by atoms with Crippen molar-refractivity contribution in [1.29, 1.82) is 0 Å². The van der Waals surface area contributed by atoms with Crippen molar-refractivity contribution in [3.05, 3.63) is 92.1 Å². The summed E-state index contributed by atoms with van der Waals surface area (Å²) < 4.78 is 17.3. The monoisotopic (exact) mass is 831 g/mol. The fraction of sp³-hybridized carbons (Fsp3) is 0.222. The van der Waals surface area contributed by atoms with Crippen LogP contribution in [0.3, 0.4) is 0 Å². The van der Waals surface area contributed by atoms with Gasteiger partial charge >= 0.3 is 0 Å². The lowest BCUT2D eigenvalue weighted by atomic mass is 10.2. The molecule has 4 aromatic rings. The molecule has 4 rings (SSSR count). The minimum absolute atomic E-state index is 0.221. The highest BCUT2D eigenvalue weighted by molar-refractivity contribution is 9.13. The molecule has 1 heterocycles. The van der Waals surface area contributed by atoms with Crippen molar-refractivity contribution in [2.45, 2.75) is 32.8 Å². The molecule has 0 fully saturated rings. The van der Waals surface area contributed by atoms with Gasteiger partial charge in [0.25, 0.3) is 5.56 Å². The Balaban J connectivity index is 1.72. The Morgan fingerprint density at radius 2 is 1.74 bits per heavy atom. The van der Waals surface area contributed by atoms with Gasteiger partial charge in [-0.15, -0.1) is 0 Å². The molecule has 0 N–H and O–H groups in total. The standard InChI is InChI=1S/C27H22Br5N3O3/c1-3-4-5-23-34-21-9-8-17(28)11-19(21)27(36)35(23)33-13-16-10-22(37-2)26(25(32)24(16)31)38-14-15-6-7-18(29)12-20(15)30/h6-13H,3-5,14H2,1-2H3. The summed E-state index contributed by atoms with van der Waals surface area (Å²) in [5.41, 5.74) is 2.12. The molecule has 1 aromatic heterocycles. The van der Waals surface area contributed by atoms with Crippen LogP contribution < -0.4 is 15.0 Å². The van der Waals surface area contributed by atoms with Gasteiger partial charge in [0.2, 0.25) is 0 Å². The first-order chi connectivity index (χ1) is 18.2. The lowest BCUT2D eigenvalue weighted by molar-refractivity contribution is 0.281. The molecule has 0 saturated heterocycles. The summed E-state index contributed by atoms with van der Waals surface area (Å²) >= 11 is 17.8. The third kappa shape index (κ3) is 6.60. The molecule has 0 atom stereocenters. The van der Waals surface area contributed by atoms with Crippen molar-refractivity contribution >= 4 is 96.8 Å². The molecular weight excluding hydrogens is 814 g/mol. The van der Waals surface area contributed by atoms with Crippen LogP contribution in [-0.4, -0.2) is 23.0 Å². The highest BCUT2D eigenvalue weighted by Crippen LogP contribution is 2.43. The van der Waals surface area contributed by atoms with Gasteiger partial charge in [-0.3, -0.25) is 4.79 Å². The number of rotatable bonds is 9. The summed E-state index contributed by atoms with van der Waals surface area (Å²) in [6, 6.07) is 13.2. The molecule has 0 amide bonds. The highest BCUT2D eigenvalue weighted by Gasteiger charge is 2.18. The zero-order valence-electron chi connectivity index (χ0n) is 20.4. The van der Waals surface area contributed by atoms with Crippen LogP contribution in [0.2, 0.25) is 0 Å². The highest BCUT2D eigenvalue weighted by atomic mass is 79.9. The average Bonchev–Trinajstić information content (AvgIpc) is 2.89. The second-order valence-corrected chi connectivity index (χ2v) is 12.6. The van der Waals surface area contributed by atoms with E-state index in [1.54, 1.807) is 19.4 Å². The zero-order chi connectivity index (χ0) is 27.4. The van der Waals surface area contributed by atoms with Gasteiger partial charge in [-0.2, -0.15) is 9.78 Å². The van der Waals surface area contributed by atoms with Crippen LogP contribution in [0.25, 0.3) is 10.9 Å². The minimum Gasteiger partial charge on any atom is -0.493 e. The van der Waals surface area contributed by atoms with Crippen molar-refractivity contribution < 1.29 is 9.47 Å². The molecule has 0 unspecified atom stereocenters.